The second-order valence-electron chi connectivity index (χ2n) is 4.43. The third-order valence-electron chi connectivity index (χ3n) is 2.80. The first-order valence-corrected chi connectivity index (χ1v) is 6.90. The van der Waals surface area contributed by atoms with Gasteiger partial charge in [0.2, 0.25) is 5.89 Å². The van der Waals surface area contributed by atoms with Crippen LogP contribution in [-0.2, 0) is 0 Å². The molecule has 7 heteroatoms. The lowest BCUT2D eigenvalue weighted by Gasteiger charge is -2.07. The Kier molecular flexibility index (Phi) is 5.10. The van der Waals surface area contributed by atoms with E-state index in [1.807, 2.05) is 13.8 Å². The SMILES string of the molecule is CCNC(C)c1nnc(Nc2ccc(OCC)c(F)c2)o1. The van der Waals surface area contributed by atoms with Gasteiger partial charge in [-0.15, -0.1) is 5.10 Å². The van der Waals surface area contributed by atoms with Crippen molar-refractivity contribution in [3.8, 4) is 5.75 Å². The minimum Gasteiger partial charge on any atom is -0.491 e. The monoisotopic (exact) mass is 294 g/mol. The number of halogens is 1. The average molecular weight is 294 g/mol. The number of hydrogen-bond donors (Lipinski definition) is 2. The normalized spacial score (nSPS) is 12.2. The smallest absolute Gasteiger partial charge is 0.320 e. The van der Waals surface area contributed by atoms with Gasteiger partial charge in [-0.05, 0) is 32.5 Å². The predicted octanol–water partition coefficient (Wildman–Crippen LogP) is 3.02. The fourth-order valence-electron chi connectivity index (χ4n) is 1.83. The van der Waals surface area contributed by atoms with Crippen LogP contribution in [0.15, 0.2) is 22.6 Å². The molecule has 2 aromatic rings. The Labute approximate surface area is 122 Å². The second-order valence-corrected chi connectivity index (χ2v) is 4.43. The van der Waals surface area contributed by atoms with E-state index < -0.39 is 5.82 Å². The van der Waals surface area contributed by atoms with Gasteiger partial charge >= 0.3 is 6.01 Å². The highest BCUT2D eigenvalue weighted by molar-refractivity contribution is 5.53. The number of anilines is 2. The highest BCUT2D eigenvalue weighted by Crippen LogP contribution is 2.24. The zero-order valence-corrected chi connectivity index (χ0v) is 12.3. The molecule has 2 N–H and O–H groups in total. The quantitative estimate of drug-likeness (QED) is 0.818. The van der Waals surface area contributed by atoms with Gasteiger partial charge < -0.3 is 19.8 Å². The Hall–Kier alpha value is -2.15. The minimum atomic E-state index is -0.442. The summed E-state index contributed by atoms with van der Waals surface area (Å²) in [4.78, 5) is 0. The molecule has 0 saturated carbocycles. The summed E-state index contributed by atoms with van der Waals surface area (Å²) in [7, 11) is 0. The van der Waals surface area contributed by atoms with Gasteiger partial charge in [0.25, 0.3) is 0 Å². The lowest BCUT2D eigenvalue weighted by molar-refractivity contribution is 0.321. The van der Waals surface area contributed by atoms with Crippen LogP contribution in [0.1, 0.15) is 32.7 Å². The van der Waals surface area contributed by atoms with Crippen LogP contribution in [0, 0.1) is 5.82 Å². The van der Waals surface area contributed by atoms with E-state index in [1.54, 1.807) is 19.1 Å². The van der Waals surface area contributed by atoms with Crippen LogP contribution in [-0.4, -0.2) is 23.3 Å². The highest BCUT2D eigenvalue weighted by atomic mass is 19.1. The van der Waals surface area contributed by atoms with Crippen LogP contribution in [0.3, 0.4) is 0 Å². The van der Waals surface area contributed by atoms with Crippen LogP contribution in [0.4, 0.5) is 16.1 Å². The fraction of sp³-hybridized carbons (Fsp3) is 0.429. The molecular formula is C14H19FN4O2. The van der Waals surface area contributed by atoms with Crippen LogP contribution in [0.2, 0.25) is 0 Å². The van der Waals surface area contributed by atoms with Crippen LogP contribution in [0.5, 0.6) is 5.75 Å². The molecular weight excluding hydrogens is 275 g/mol. The third kappa shape index (κ3) is 3.91. The highest BCUT2D eigenvalue weighted by Gasteiger charge is 2.13. The van der Waals surface area contributed by atoms with Crippen molar-refractivity contribution in [3.05, 3.63) is 29.9 Å². The Bertz CT molecular complexity index is 588. The van der Waals surface area contributed by atoms with Gasteiger partial charge in [0.15, 0.2) is 11.6 Å². The first-order valence-electron chi connectivity index (χ1n) is 6.90. The molecule has 0 aliphatic rings. The zero-order valence-electron chi connectivity index (χ0n) is 12.3. The summed E-state index contributed by atoms with van der Waals surface area (Å²) < 4.78 is 24.3. The van der Waals surface area contributed by atoms with Crippen molar-refractivity contribution in [2.75, 3.05) is 18.5 Å². The molecule has 0 spiro atoms. The van der Waals surface area contributed by atoms with Gasteiger partial charge in [0, 0.05) is 11.8 Å². The molecule has 1 atom stereocenters. The number of benzene rings is 1. The van der Waals surface area contributed by atoms with E-state index in [4.69, 9.17) is 9.15 Å². The fourth-order valence-corrected chi connectivity index (χ4v) is 1.83. The van der Waals surface area contributed by atoms with Gasteiger partial charge in [-0.2, -0.15) is 0 Å². The molecule has 114 valence electrons. The molecule has 0 aliphatic heterocycles. The van der Waals surface area contributed by atoms with Gasteiger partial charge in [-0.1, -0.05) is 12.0 Å². The topological polar surface area (TPSA) is 72.2 Å². The maximum atomic E-state index is 13.7. The van der Waals surface area contributed by atoms with Crippen molar-refractivity contribution in [1.82, 2.24) is 15.5 Å². The zero-order chi connectivity index (χ0) is 15.2. The van der Waals surface area contributed by atoms with E-state index in [0.717, 1.165) is 6.54 Å². The van der Waals surface area contributed by atoms with Crippen LogP contribution in [0.25, 0.3) is 0 Å². The van der Waals surface area contributed by atoms with E-state index in [0.29, 0.717) is 18.2 Å². The van der Waals surface area contributed by atoms with Crippen LogP contribution >= 0.6 is 0 Å². The first-order chi connectivity index (χ1) is 10.1. The van der Waals surface area contributed by atoms with E-state index in [9.17, 15) is 4.39 Å². The Morgan fingerprint density at radius 2 is 2.14 bits per heavy atom. The summed E-state index contributed by atoms with van der Waals surface area (Å²) in [6, 6.07) is 4.75. The average Bonchev–Trinajstić information content (AvgIpc) is 2.91. The van der Waals surface area contributed by atoms with Crippen molar-refractivity contribution in [2.45, 2.75) is 26.8 Å². The molecule has 0 fully saturated rings. The summed E-state index contributed by atoms with van der Waals surface area (Å²) in [5.74, 6) is 0.253. The van der Waals surface area contributed by atoms with Crippen molar-refractivity contribution in [2.24, 2.45) is 0 Å². The number of nitrogens with one attached hydrogen (secondary N) is 2. The van der Waals surface area contributed by atoms with E-state index in [2.05, 4.69) is 20.8 Å². The molecule has 0 aliphatic carbocycles. The summed E-state index contributed by atoms with van der Waals surface area (Å²) >= 11 is 0. The van der Waals surface area contributed by atoms with E-state index in [1.165, 1.54) is 6.07 Å². The van der Waals surface area contributed by atoms with Crippen molar-refractivity contribution >= 4 is 11.7 Å². The molecule has 1 aromatic heterocycles. The molecule has 0 amide bonds. The molecule has 2 rings (SSSR count). The van der Waals surface area contributed by atoms with Gasteiger partial charge in [0.1, 0.15) is 0 Å². The first kappa shape index (κ1) is 15.2. The lowest BCUT2D eigenvalue weighted by atomic mass is 10.3. The number of ether oxygens (including phenoxy) is 1. The molecule has 21 heavy (non-hydrogen) atoms. The van der Waals surface area contributed by atoms with E-state index >= 15 is 0 Å². The largest absolute Gasteiger partial charge is 0.491 e. The van der Waals surface area contributed by atoms with Crippen molar-refractivity contribution in [1.29, 1.82) is 0 Å². The number of rotatable bonds is 7. The van der Waals surface area contributed by atoms with Gasteiger partial charge in [-0.3, -0.25) is 0 Å². The van der Waals surface area contributed by atoms with E-state index in [-0.39, 0.29) is 17.8 Å². The summed E-state index contributed by atoms with van der Waals surface area (Å²) in [5, 5.41) is 13.9. The van der Waals surface area contributed by atoms with Gasteiger partial charge in [0.05, 0.1) is 12.6 Å². The minimum absolute atomic E-state index is 0.0323. The Morgan fingerprint density at radius 3 is 2.81 bits per heavy atom. The molecule has 6 nitrogen and oxygen atoms in total. The Balaban J connectivity index is 2.06. The maximum absolute atomic E-state index is 13.7. The number of hydrogen-bond acceptors (Lipinski definition) is 6. The molecule has 1 unspecified atom stereocenters. The number of nitrogens with zero attached hydrogens (tertiary/aromatic N) is 2. The standard InChI is InChI=1S/C14H19FN4O2/c1-4-16-9(3)13-18-19-14(21-13)17-10-6-7-12(20-5-2)11(15)8-10/h6-9,16H,4-5H2,1-3H3,(H,17,19). The predicted molar refractivity (Wildman–Crippen MR) is 77.2 cm³/mol. The number of aromatic nitrogens is 2. The molecule has 0 saturated heterocycles. The second kappa shape index (κ2) is 7.03. The lowest BCUT2D eigenvalue weighted by Crippen LogP contribution is -2.17. The van der Waals surface area contributed by atoms with Crippen molar-refractivity contribution < 1.29 is 13.5 Å². The molecule has 1 aromatic carbocycles. The maximum Gasteiger partial charge on any atom is 0.320 e. The molecule has 1 heterocycles. The summed E-state index contributed by atoms with van der Waals surface area (Å²) in [5.41, 5.74) is 0.516. The van der Waals surface area contributed by atoms with Gasteiger partial charge in [-0.25, -0.2) is 4.39 Å². The molecule has 0 radical (unpaired) electrons. The van der Waals surface area contributed by atoms with Crippen molar-refractivity contribution in [3.63, 3.8) is 0 Å². The summed E-state index contributed by atoms with van der Waals surface area (Å²) in [6.45, 7) is 6.94. The van der Waals surface area contributed by atoms with Crippen LogP contribution < -0.4 is 15.4 Å². The third-order valence-corrected chi connectivity index (χ3v) is 2.80. The molecule has 0 bridgehead atoms. The Morgan fingerprint density at radius 1 is 1.33 bits per heavy atom. The summed E-state index contributed by atoms with van der Waals surface area (Å²) in [6.07, 6.45) is 0.